The van der Waals surface area contributed by atoms with Gasteiger partial charge >= 0.3 is 5.13 Å². The van der Waals surface area contributed by atoms with Crippen LogP contribution in [0.25, 0.3) is 0 Å². The first kappa shape index (κ1) is 9.15. The number of nitrogens with two attached hydrogens (primary N) is 1. The molecule has 0 unspecified atom stereocenters. The van der Waals surface area contributed by atoms with Crippen LogP contribution in [0.5, 0.6) is 0 Å². The Balaban J connectivity index is 2.15. The third kappa shape index (κ3) is 2.09. The normalized spacial score (nSPS) is 10.4. The molecule has 14 heavy (non-hydrogen) atoms. The molecule has 3 N–H and O–H groups in total. The first-order valence-corrected chi connectivity index (χ1v) is 5.06. The van der Waals surface area contributed by atoms with Gasteiger partial charge in [0.15, 0.2) is 0 Å². The van der Waals surface area contributed by atoms with E-state index in [4.69, 9.17) is 5.73 Å². The Morgan fingerprint density at radius 1 is 1.29 bits per heavy atom. The molecule has 0 bridgehead atoms. The fourth-order valence-corrected chi connectivity index (χ4v) is 2.00. The molecule has 0 amide bonds. The van der Waals surface area contributed by atoms with Crippen LogP contribution in [0.1, 0.15) is 10.4 Å². The average molecular weight is 209 g/mol. The van der Waals surface area contributed by atoms with Crippen LogP contribution in [0.4, 0.5) is 9.52 Å². The van der Waals surface area contributed by atoms with Crippen molar-refractivity contribution in [3.05, 3.63) is 46.7 Å². The molecule has 0 fully saturated rings. The van der Waals surface area contributed by atoms with Crippen molar-refractivity contribution >= 4 is 16.5 Å². The van der Waals surface area contributed by atoms with E-state index in [1.165, 1.54) is 23.5 Å². The molecule has 2 aromatic rings. The van der Waals surface area contributed by atoms with Gasteiger partial charge in [-0.2, -0.15) is 0 Å². The summed E-state index contributed by atoms with van der Waals surface area (Å²) >= 11 is 1.52. The summed E-state index contributed by atoms with van der Waals surface area (Å²) in [5.41, 5.74) is 6.64. The zero-order valence-corrected chi connectivity index (χ0v) is 8.27. The van der Waals surface area contributed by atoms with Crippen molar-refractivity contribution in [2.75, 3.05) is 5.73 Å². The van der Waals surface area contributed by atoms with Gasteiger partial charge in [-0.3, -0.25) is 5.73 Å². The van der Waals surface area contributed by atoms with E-state index in [2.05, 4.69) is 4.98 Å². The quantitative estimate of drug-likeness (QED) is 0.806. The Morgan fingerprint density at radius 2 is 2.00 bits per heavy atom. The number of aromatic amines is 1. The van der Waals surface area contributed by atoms with Crippen molar-refractivity contribution in [1.82, 2.24) is 0 Å². The number of hydrogen-bond donors (Lipinski definition) is 1. The van der Waals surface area contributed by atoms with Crippen LogP contribution >= 0.6 is 11.3 Å². The van der Waals surface area contributed by atoms with Gasteiger partial charge in [0.2, 0.25) is 0 Å². The van der Waals surface area contributed by atoms with Gasteiger partial charge in [-0.05, 0) is 17.7 Å². The zero-order valence-electron chi connectivity index (χ0n) is 7.46. The summed E-state index contributed by atoms with van der Waals surface area (Å²) in [7, 11) is 0. The van der Waals surface area contributed by atoms with Gasteiger partial charge in [-0.1, -0.05) is 23.5 Å². The summed E-state index contributed by atoms with van der Waals surface area (Å²) < 4.78 is 12.6. The number of nitrogen functional groups attached to an aromatic ring is 1. The van der Waals surface area contributed by atoms with Gasteiger partial charge in [-0.25, -0.2) is 9.37 Å². The largest absolute Gasteiger partial charge is 0.329 e. The van der Waals surface area contributed by atoms with Crippen LogP contribution in [0.15, 0.2) is 30.5 Å². The van der Waals surface area contributed by atoms with Crippen LogP contribution in [-0.2, 0) is 6.42 Å². The van der Waals surface area contributed by atoms with Crippen molar-refractivity contribution in [1.29, 1.82) is 0 Å². The number of anilines is 1. The maximum atomic E-state index is 12.6. The lowest BCUT2D eigenvalue weighted by Crippen LogP contribution is -2.01. The number of aromatic nitrogens is 1. The van der Waals surface area contributed by atoms with E-state index < -0.39 is 0 Å². The molecule has 0 aliphatic heterocycles. The first-order valence-electron chi connectivity index (χ1n) is 4.24. The molecule has 0 saturated heterocycles. The fraction of sp³-hybridized carbons (Fsp3) is 0.100. The van der Waals surface area contributed by atoms with Gasteiger partial charge in [0.05, 0.1) is 4.88 Å². The van der Waals surface area contributed by atoms with Gasteiger partial charge < -0.3 is 0 Å². The van der Waals surface area contributed by atoms with Crippen molar-refractivity contribution in [3.63, 3.8) is 0 Å². The summed E-state index contributed by atoms with van der Waals surface area (Å²) in [5, 5.41) is 0.696. The summed E-state index contributed by atoms with van der Waals surface area (Å²) in [4.78, 5) is 4.07. The highest BCUT2D eigenvalue weighted by molar-refractivity contribution is 7.14. The van der Waals surface area contributed by atoms with Gasteiger partial charge in [0, 0.05) is 6.42 Å². The molecule has 72 valence electrons. The maximum Gasteiger partial charge on any atom is 0.329 e. The van der Waals surface area contributed by atoms with E-state index in [1.54, 1.807) is 12.1 Å². The lowest BCUT2D eigenvalue weighted by molar-refractivity contribution is -0.354. The summed E-state index contributed by atoms with van der Waals surface area (Å²) in [6.07, 6.45) is 2.67. The van der Waals surface area contributed by atoms with Crippen LogP contribution in [-0.4, -0.2) is 0 Å². The molecule has 0 saturated carbocycles. The molecule has 4 heteroatoms. The highest BCUT2D eigenvalue weighted by Crippen LogP contribution is 2.15. The van der Waals surface area contributed by atoms with Crippen LogP contribution in [0.2, 0.25) is 0 Å². The maximum absolute atomic E-state index is 12.6. The lowest BCUT2D eigenvalue weighted by Gasteiger charge is -1.96. The number of H-pyrrole nitrogens is 1. The molecule has 0 aliphatic rings. The molecule has 0 radical (unpaired) electrons. The topological polar surface area (TPSA) is 40.2 Å². The van der Waals surface area contributed by atoms with Gasteiger partial charge in [-0.15, -0.1) is 0 Å². The number of thiazole rings is 1. The van der Waals surface area contributed by atoms with E-state index in [0.29, 0.717) is 5.13 Å². The Bertz CT molecular complexity index is 422. The minimum atomic E-state index is -0.203. The second kappa shape index (κ2) is 3.75. The molecule has 1 heterocycles. The molecule has 0 aliphatic carbocycles. The van der Waals surface area contributed by atoms with E-state index in [-0.39, 0.29) is 5.82 Å². The zero-order chi connectivity index (χ0) is 9.97. The second-order valence-corrected chi connectivity index (χ2v) is 4.19. The van der Waals surface area contributed by atoms with E-state index in [9.17, 15) is 4.39 Å². The highest BCUT2D eigenvalue weighted by atomic mass is 32.1. The van der Waals surface area contributed by atoms with Crippen LogP contribution in [0, 0.1) is 5.82 Å². The molecular weight excluding hydrogens is 199 g/mol. The summed E-state index contributed by atoms with van der Waals surface area (Å²) in [6, 6.07) is 6.50. The number of benzene rings is 1. The second-order valence-electron chi connectivity index (χ2n) is 3.02. The molecule has 1 aromatic heterocycles. The number of nitrogens with one attached hydrogen (secondary N) is 1. The predicted molar refractivity (Wildman–Crippen MR) is 54.5 cm³/mol. The summed E-state index contributed by atoms with van der Waals surface area (Å²) in [5.74, 6) is -0.203. The van der Waals surface area contributed by atoms with Gasteiger partial charge in [0.25, 0.3) is 0 Å². The fourth-order valence-electron chi connectivity index (χ4n) is 1.24. The Labute approximate surface area is 85.2 Å². The molecule has 0 spiro atoms. The monoisotopic (exact) mass is 209 g/mol. The Morgan fingerprint density at radius 3 is 2.57 bits per heavy atom. The van der Waals surface area contributed by atoms with Crippen molar-refractivity contribution in [2.45, 2.75) is 6.42 Å². The van der Waals surface area contributed by atoms with Crippen LogP contribution in [0.3, 0.4) is 0 Å². The predicted octanol–water partition coefficient (Wildman–Crippen LogP) is 1.87. The smallest absolute Gasteiger partial charge is 0.278 e. The van der Waals surface area contributed by atoms with Gasteiger partial charge in [0.1, 0.15) is 12.0 Å². The third-order valence-corrected chi connectivity index (χ3v) is 2.77. The molecule has 2 rings (SSSR count). The standard InChI is InChI=1S/C10H9FN2S/c11-8-3-1-7(2-4-8)5-9-6-13-10(12)14-9/h1-4,6H,5H2,(H2,12,13)/p+1. The summed E-state index contributed by atoms with van der Waals surface area (Å²) in [6.45, 7) is 0. The van der Waals surface area contributed by atoms with E-state index >= 15 is 0 Å². The number of hydrogen-bond acceptors (Lipinski definition) is 2. The van der Waals surface area contributed by atoms with E-state index in [0.717, 1.165) is 16.9 Å². The minimum absolute atomic E-state index is 0.203. The Kier molecular flexibility index (Phi) is 2.45. The Hall–Kier alpha value is -1.42. The number of halogens is 1. The van der Waals surface area contributed by atoms with Crippen LogP contribution < -0.4 is 10.7 Å². The molecule has 1 aromatic carbocycles. The highest BCUT2D eigenvalue weighted by Gasteiger charge is 2.03. The average Bonchev–Trinajstić information content (AvgIpc) is 2.56. The first-order chi connectivity index (χ1) is 6.74. The lowest BCUT2D eigenvalue weighted by atomic mass is 10.1. The van der Waals surface area contributed by atoms with Crippen molar-refractivity contribution < 1.29 is 9.37 Å². The SMILES string of the molecule is Nc1[nH+]cc(Cc2ccc(F)cc2)s1. The molecule has 0 atom stereocenters. The minimum Gasteiger partial charge on any atom is -0.278 e. The number of rotatable bonds is 2. The van der Waals surface area contributed by atoms with E-state index in [1.807, 2.05) is 6.20 Å². The molecular formula is C10H10FN2S+. The molecule has 2 nitrogen and oxygen atoms in total. The third-order valence-electron chi connectivity index (χ3n) is 1.91. The van der Waals surface area contributed by atoms with Crippen molar-refractivity contribution in [2.24, 2.45) is 0 Å². The van der Waals surface area contributed by atoms with Crippen molar-refractivity contribution in [3.8, 4) is 0 Å².